The van der Waals surface area contributed by atoms with Gasteiger partial charge in [-0.25, -0.2) is 8.42 Å². The average molecular weight is 545 g/mol. The van der Waals surface area contributed by atoms with E-state index in [0.717, 1.165) is 17.9 Å². The molecule has 0 unspecified atom stereocenters. The summed E-state index contributed by atoms with van der Waals surface area (Å²) in [5.74, 6) is 0.963. The molecule has 2 aliphatic rings. The van der Waals surface area contributed by atoms with E-state index in [2.05, 4.69) is 73.3 Å². The third kappa shape index (κ3) is 5.98. The molecule has 0 aromatic heterocycles. The van der Waals surface area contributed by atoms with Gasteiger partial charge in [-0.3, -0.25) is 10.1 Å². The van der Waals surface area contributed by atoms with Crippen molar-refractivity contribution in [2.24, 2.45) is 0 Å². The minimum atomic E-state index is -4.77. The van der Waals surface area contributed by atoms with Crippen LogP contribution in [0.3, 0.4) is 0 Å². The molecular weight excluding hydrogens is 523 g/mol. The summed E-state index contributed by atoms with van der Waals surface area (Å²) in [6, 6.07) is 12.9. The summed E-state index contributed by atoms with van der Waals surface area (Å²) in [4.78, 5) is 8.55. The van der Waals surface area contributed by atoms with Crippen LogP contribution >= 0.6 is 0 Å². The van der Waals surface area contributed by atoms with E-state index in [4.69, 9.17) is 4.74 Å². The Labute approximate surface area is 204 Å². The van der Waals surface area contributed by atoms with Gasteiger partial charge >= 0.3 is 132 Å². The fourth-order valence-electron chi connectivity index (χ4n) is 3.16. The van der Waals surface area contributed by atoms with Crippen molar-refractivity contribution in [2.75, 3.05) is 21.2 Å². The van der Waals surface area contributed by atoms with E-state index in [1.807, 2.05) is 0 Å². The molecule has 176 valence electrons. The Morgan fingerprint density at radius 1 is 0.941 bits per heavy atom. The molecule has 0 bridgehead atoms. The summed E-state index contributed by atoms with van der Waals surface area (Å²) in [5, 5.41) is 10.3. The third-order valence-electron chi connectivity index (χ3n) is 4.85. The Hall–Kier alpha value is -3.30. The molecule has 8 nitrogen and oxygen atoms in total. The van der Waals surface area contributed by atoms with Crippen molar-refractivity contribution >= 4 is 46.7 Å². The summed E-state index contributed by atoms with van der Waals surface area (Å²) in [7, 11) is 1.10. The zero-order chi connectivity index (χ0) is 24.9. The van der Waals surface area contributed by atoms with Crippen molar-refractivity contribution in [3.63, 3.8) is 0 Å². The Morgan fingerprint density at radius 2 is 1.56 bits per heavy atom. The molecule has 10 heteroatoms. The molecule has 4 rings (SSSR count). The first-order valence-corrected chi connectivity index (χ1v) is 13.1. The van der Waals surface area contributed by atoms with Crippen molar-refractivity contribution in [2.45, 2.75) is 4.90 Å². The topological polar surface area (TPSA) is 113 Å². The molecule has 0 amide bonds. The van der Waals surface area contributed by atoms with Gasteiger partial charge in [-0.15, -0.1) is 0 Å². The van der Waals surface area contributed by atoms with E-state index in [0.29, 0.717) is 15.0 Å². The van der Waals surface area contributed by atoms with Gasteiger partial charge in [0.25, 0.3) is 5.69 Å². The molecule has 0 spiro atoms. The van der Waals surface area contributed by atoms with Gasteiger partial charge in [-0.2, -0.15) is 0 Å². The van der Waals surface area contributed by atoms with Crippen LogP contribution < -0.4 is 4.46 Å². The van der Waals surface area contributed by atoms with Crippen molar-refractivity contribution in [1.29, 1.82) is 0 Å². The number of ether oxygens (including phenoxy) is 1. The summed E-state index contributed by atoms with van der Waals surface area (Å²) < 4.78 is 41.9. The number of nitrogens with zero attached hydrogens (tertiary/aromatic N) is 2. The van der Waals surface area contributed by atoms with Crippen LogP contribution in [-0.4, -0.2) is 64.3 Å². The first-order chi connectivity index (χ1) is 16.1. The quantitative estimate of drug-likeness (QED) is 0.193. The van der Waals surface area contributed by atoms with Crippen LogP contribution in [0, 0.1) is 10.1 Å². The van der Waals surface area contributed by atoms with Crippen LogP contribution in [-0.2, 0) is 14.9 Å². The largest absolute Gasteiger partial charge is 0.744 e. The maximum Gasteiger partial charge on any atom is 0.286 e. The number of benzene rings is 2. The van der Waals surface area contributed by atoms with Crippen LogP contribution in [0.15, 0.2) is 93.9 Å². The van der Waals surface area contributed by atoms with Crippen molar-refractivity contribution in [1.82, 2.24) is 0 Å². The first kappa shape index (κ1) is 25.3. The Kier molecular flexibility index (Phi) is 8.01. The molecule has 1 aliphatic carbocycles. The van der Waals surface area contributed by atoms with Crippen molar-refractivity contribution < 1.29 is 27.2 Å². The Balaban J connectivity index is 0.000000215. The molecule has 2 aromatic rings. The Morgan fingerprint density at radius 3 is 2.12 bits per heavy atom. The molecular formula is C24H22N2O6SSe. The second-order valence-corrected chi connectivity index (χ2v) is 10.9. The van der Waals surface area contributed by atoms with Gasteiger partial charge in [0.05, 0.1) is 4.92 Å². The standard InChI is InChI=1S/C18H18NOSe.C6H5NO5S/c1-19(2)14-10-8-13(9-11-14)18-12-16(20-3)15-6-4-5-7-17(15)21-18;8-7(9)5-3-1-2-4-6(5)13(10,11)12/h4-12H,1-3H3;1-4H,(H,10,11,12)/q+1;/p-1. The maximum absolute atomic E-state index is 10.5. The number of rotatable bonds is 3. The van der Waals surface area contributed by atoms with Gasteiger partial charge in [0.15, 0.2) is 0 Å². The number of methoxy groups -OCH3 is 1. The smallest absolute Gasteiger partial charge is 0.286 e. The number of nitro benzene ring substituents is 1. The number of para-hydroxylation sites is 1. The van der Waals surface area contributed by atoms with E-state index in [1.165, 1.54) is 37.9 Å². The molecule has 0 fully saturated rings. The molecule has 34 heavy (non-hydrogen) atoms. The molecule has 1 heterocycles. The zero-order valence-electron chi connectivity index (χ0n) is 18.7. The summed E-state index contributed by atoms with van der Waals surface area (Å²) in [6.45, 7) is 0. The van der Waals surface area contributed by atoms with Crippen molar-refractivity contribution in [3.05, 3.63) is 105 Å². The third-order valence-corrected chi connectivity index (χ3v) is 8.15. The number of fused-ring (bicyclic) bond motifs is 1. The SMILES string of the molecule is COC1=CC(=C2C=CC(=[N+](C)C)C=C2)[Se]c2ccccc21.O=[N+]([O-])c1ccccc1S(=O)(=O)[O-]. The van der Waals surface area contributed by atoms with Gasteiger partial charge < -0.3 is 4.55 Å². The monoisotopic (exact) mass is 546 g/mol. The second kappa shape index (κ2) is 10.8. The predicted octanol–water partition coefficient (Wildman–Crippen LogP) is 2.61. The van der Waals surface area contributed by atoms with E-state index in [9.17, 15) is 23.1 Å². The van der Waals surface area contributed by atoms with E-state index in [1.54, 1.807) is 7.11 Å². The van der Waals surface area contributed by atoms with Gasteiger partial charge in [0, 0.05) is 6.07 Å². The zero-order valence-corrected chi connectivity index (χ0v) is 21.2. The van der Waals surface area contributed by atoms with Crippen LogP contribution in [0.5, 0.6) is 0 Å². The minimum Gasteiger partial charge on any atom is -0.744 e. The molecule has 0 atom stereocenters. The summed E-state index contributed by atoms with van der Waals surface area (Å²) >= 11 is 0.318. The van der Waals surface area contributed by atoms with Gasteiger partial charge in [-0.05, 0) is 6.07 Å². The number of hydrogen-bond acceptors (Lipinski definition) is 6. The van der Waals surface area contributed by atoms with E-state index < -0.39 is 25.6 Å². The fourth-order valence-corrected chi connectivity index (χ4v) is 6.07. The van der Waals surface area contributed by atoms with Gasteiger partial charge in [0.2, 0.25) is 0 Å². The normalized spacial score (nSPS) is 14.6. The van der Waals surface area contributed by atoms with Gasteiger partial charge in [0.1, 0.15) is 15.0 Å². The minimum absolute atomic E-state index is 0.318. The van der Waals surface area contributed by atoms with E-state index >= 15 is 0 Å². The van der Waals surface area contributed by atoms with Crippen LogP contribution in [0.4, 0.5) is 5.69 Å². The van der Waals surface area contributed by atoms with Crippen molar-refractivity contribution in [3.8, 4) is 0 Å². The van der Waals surface area contributed by atoms with Gasteiger partial charge in [-0.1, -0.05) is 12.1 Å². The van der Waals surface area contributed by atoms with E-state index in [-0.39, 0.29) is 0 Å². The molecule has 2 aromatic carbocycles. The second-order valence-electron chi connectivity index (χ2n) is 7.30. The molecule has 0 N–H and O–H groups in total. The summed E-state index contributed by atoms with van der Waals surface area (Å²) in [5.41, 5.74) is 3.04. The molecule has 0 radical (unpaired) electrons. The molecule has 0 saturated carbocycles. The number of allylic oxidation sites excluding steroid dienone is 7. The molecule has 0 saturated heterocycles. The van der Waals surface area contributed by atoms with Crippen LogP contribution in [0.2, 0.25) is 0 Å². The number of hydrogen-bond donors (Lipinski definition) is 0. The number of nitro groups is 1. The maximum atomic E-state index is 10.5. The molecule has 1 aliphatic heterocycles. The van der Waals surface area contributed by atoms with Crippen LogP contribution in [0.1, 0.15) is 5.56 Å². The average Bonchev–Trinajstić information content (AvgIpc) is 2.83. The summed E-state index contributed by atoms with van der Waals surface area (Å²) in [6.07, 6.45) is 10.9. The van der Waals surface area contributed by atoms with Crippen LogP contribution in [0.25, 0.3) is 5.76 Å². The Bertz CT molecular complexity index is 1370. The fraction of sp³-hybridized carbons (Fsp3) is 0.125. The predicted molar refractivity (Wildman–Crippen MR) is 130 cm³/mol. The first-order valence-electron chi connectivity index (χ1n) is 9.98.